The molecule has 0 amide bonds. The SMILES string of the molecule is Cc1ccccc1-c1ccc(C(C)CC(=O)O)s1. The van der Waals surface area contributed by atoms with Gasteiger partial charge in [-0.05, 0) is 30.2 Å². The first-order valence-corrected chi connectivity index (χ1v) is 6.77. The van der Waals surface area contributed by atoms with Crippen molar-refractivity contribution in [3.05, 3.63) is 46.8 Å². The van der Waals surface area contributed by atoms with Gasteiger partial charge in [-0.1, -0.05) is 31.2 Å². The average Bonchev–Trinajstić information content (AvgIpc) is 2.78. The van der Waals surface area contributed by atoms with Crippen LogP contribution in [0.5, 0.6) is 0 Å². The van der Waals surface area contributed by atoms with E-state index < -0.39 is 5.97 Å². The van der Waals surface area contributed by atoms with E-state index >= 15 is 0 Å². The number of hydrogen-bond acceptors (Lipinski definition) is 2. The molecule has 0 aliphatic carbocycles. The highest BCUT2D eigenvalue weighted by atomic mass is 32.1. The molecule has 1 aromatic carbocycles. The van der Waals surface area contributed by atoms with Gasteiger partial charge in [-0.2, -0.15) is 0 Å². The maximum Gasteiger partial charge on any atom is 0.303 e. The summed E-state index contributed by atoms with van der Waals surface area (Å²) in [4.78, 5) is 13.1. The minimum atomic E-state index is -0.742. The van der Waals surface area contributed by atoms with Gasteiger partial charge in [0.1, 0.15) is 0 Å². The lowest BCUT2D eigenvalue weighted by molar-refractivity contribution is -0.137. The first kappa shape index (κ1) is 12.8. The summed E-state index contributed by atoms with van der Waals surface area (Å²) in [5.74, 6) is -0.668. The second kappa shape index (κ2) is 5.36. The first-order chi connectivity index (χ1) is 8.58. The van der Waals surface area contributed by atoms with Crippen LogP contribution in [0.15, 0.2) is 36.4 Å². The van der Waals surface area contributed by atoms with Gasteiger partial charge in [0.2, 0.25) is 0 Å². The maximum atomic E-state index is 10.7. The number of hydrogen-bond donors (Lipinski definition) is 1. The summed E-state index contributed by atoms with van der Waals surface area (Å²) in [6.07, 6.45) is 0.188. The number of aryl methyl sites for hydroxylation is 1. The topological polar surface area (TPSA) is 37.3 Å². The molecule has 18 heavy (non-hydrogen) atoms. The van der Waals surface area contributed by atoms with E-state index in [0.29, 0.717) is 0 Å². The van der Waals surface area contributed by atoms with Crippen LogP contribution in [0.2, 0.25) is 0 Å². The molecule has 2 rings (SSSR count). The second-order valence-electron chi connectivity index (χ2n) is 4.52. The van der Waals surface area contributed by atoms with E-state index in [4.69, 9.17) is 5.11 Å². The molecule has 1 aromatic heterocycles. The third-order valence-electron chi connectivity index (χ3n) is 3.00. The number of carboxylic acid groups (broad SMARTS) is 1. The molecule has 0 aliphatic heterocycles. The molecule has 1 atom stereocenters. The zero-order valence-electron chi connectivity index (χ0n) is 10.5. The highest BCUT2D eigenvalue weighted by molar-refractivity contribution is 7.15. The molecule has 0 saturated heterocycles. The monoisotopic (exact) mass is 260 g/mol. The minimum absolute atomic E-state index is 0.0743. The lowest BCUT2D eigenvalue weighted by Gasteiger charge is -2.05. The molecular formula is C15H16O2S. The van der Waals surface area contributed by atoms with Crippen LogP contribution in [0.25, 0.3) is 10.4 Å². The van der Waals surface area contributed by atoms with Crippen LogP contribution < -0.4 is 0 Å². The largest absolute Gasteiger partial charge is 0.481 e. The van der Waals surface area contributed by atoms with Crippen molar-refractivity contribution >= 4 is 17.3 Å². The number of benzene rings is 1. The van der Waals surface area contributed by atoms with Crippen LogP contribution in [0.1, 0.15) is 29.7 Å². The predicted octanol–water partition coefficient (Wildman–Crippen LogP) is 4.30. The zero-order valence-corrected chi connectivity index (χ0v) is 11.3. The van der Waals surface area contributed by atoms with Crippen LogP contribution in [0.3, 0.4) is 0 Å². The standard InChI is InChI=1S/C15H16O2S/c1-10-5-3-4-6-12(10)14-8-7-13(18-14)11(2)9-15(16)17/h3-8,11H,9H2,1-2H3,(H,16,17). The van der Waals surface area contributed by atoms with Crippen molar-refractivity contribution in [1.82, 2.24) is 0 Å². The van der Waals surface area contributed by atoms with Crippen molar-refractivity contribution in [2.24, 2.45) is 0 Å². The third kappa shape index (κ3) is 2.79. The van der Waals surface area contributed by atoms with E-state index in [1.54, 1.807) is 11.3 Å². The molecule has 0 aliphatic rings. The lowest BCUT2D eigenvalue weighted by atomic mass is 10.1. The molecule has 3 heteroatoms. The molecule has 0 spiro atoms. The quantitative estimate of drug-likeness (QED) is 0.889. The molecule has 2 nitrogen and oxygen atoms in total. The van der Waals surface area contributed by atoms with Crippen molar-refractivity contribution in [2.45, 2.75) is 26.2 Å². The van der Waals surface area contributed by atoms with Gasteiger partial charge in [0.15, 0.2) is 0 Å². The van der Waals surface area contributed by atoms with Crippen LogP contribution in [0, 0.1) is 6.92 Å². The Hall–Kier alpha value is -1.61. The molecule has 1 heterocycles. The van der Waals surface area contributed by atoms with Gasteiger partial charge < -0.3 is 5.11 Å². The lowest BCUT2D eigenvalue weighted by Crippen LogP contribution is -2.00. The Morgan fingerprint density at radius 2 is 2.00 bits per heavy atom. The van der Waals surface area contributed by atoms with Crippen LogP contribution in [0.4, 0.5) is 0 Å². The fourth-order valence-electron chi connectivity index (χ4n) is 1.97. The van der Waals surface area contributed by atoms with Gasteiger partial charge in [0.25, 0.3) is 0 Å². The summed E-state index contributed by atoms with van der Waals surface area (Å²) in [5, 5.41) is 8.82. The molecular weight excluding hydrogens is 244 g/mol. The first-order valence-electron chi connectivity index (χ1n) is 5.95. The van der Waals surface area contributed by atoms with Crippen LogP contribution >= 0.6 is 11.3 Å². The minimum Gasteiger partial charge on any atom is -0.481 e. The van der Waals surface area contributed by atoms with E-state index in [0.717, 1.165) is 4.88 Å². The summed E-state index contributed by atoms with van der Waals surface area (Å²) in [6.45, 7) is 4.05. The van der Waals surface area contributed by atoms with Crippen LogP contribution in [-0.4, -0.2) is 11.1 Å². The number of thiophene rings is 1. The Bertz CT molecular complexity index is 557. The Morgan fingerprint density at radius 3 is 2.67 bits per heavy atom. The number of rotatable bonds is 4. The summed E-state index contributed by atoms with van der Waals surface area (Å²) in [6, 6.07) is 12.4. The van der Waals surface area contributed by atoms with Crippen molar-refractivity contribution < 1.29 is 9.90 Å². The fraction of sp³-hybridized carbons (Fsp3) is 0.267. The van der Waals surface area contributed by atoms with E-state index in [2.05, 4.69) is 25.1 Å². The summed E-state index contributed by atoms with van der Waals surface area (Å²) in [7, 11) is 0. The zero-order chi connectivity index (χ0) is 13.1. The molecule has 94 valence electrons. The Labute approximate surface area is 111 Å². The molecule has 2 aromatic rings. The predicted molar refractivity (Wildman–Crippen MR) is 75.2 cm³/mol. The molecule has 0 radical (unpaired) electrons. The molecule has 1 unspecified atom stereocenters. The van der Waals surface area contributed by atoms with Crippen molar-refractivity contribution in [2.75, 3.05) is 0 Å². The van der Waals surface area contributed by atoms with Crippen molar-refractivity contribution in [1.29, 1.82) is 0 Å². The number of carbonyl (C=O) groups is 1. The summed E-state index contributed by atoms with van der Waals surface area (Å²) < 4.78 is 0. The second-order valence-corrected chi connectivity index (χ2v) is 5.63. The fourth-order valence-corrected chi connectivity index (χ4v) is 3.12. The number of carboxylic acids is 1. The third-order valence-corrected chi connectivity index (χ3v) is 4.35. The Kier molecular flexibility index (Phi) is 3.82. The highest BCUT2D eigenvalue weighted by Gasteiger charge is 2.13. The van der Waals surface area contributed by atoms with Gasteiger partial charge in [-0.3, -0.25) is 4.79 Å². The van der Waals surface area contributed by atoms with E-state index in [9.17, 15) is 4.79 Å². The van der Waals surface area contributed by atoms with Crippen molar-refractivity contribution in [3.63, 3.8) is 0 Å². The summed E-state index contributed by atoms with van der Waals surface area (Å²) in [5.41, 5.74) is 2.48. The average molecular weight is 260 g/mol. The van der Waals surface area contributed by atoms with Gasteiger partial charge in [-0.15, -0.1) is 11.3 Å². The molecule has 0 fully saturated rings. The van der Waals surface area contributed by atoms with Gasteiger partial charge in [0, 0.05) is 15.7 Å². The Morgan fingerprint density at radius 1 is 1.28 bits per heavy atom. The van der Waals surface area contributed by atoms with Gasteiger partial charge in [-0.25, -0.2) is 0 Å². The van der Waals surface area contributed by atoms with Gasteiger partial charge >= 0.3 is 5.97 Å². The highest BCUT2D eigenvalue weighted by Crippen LogP contribution is 2.34. The van der Waals surface area contributed by atoms with Crippen molar-refractivity contribution in [3.8, 4) is 10.4 Å². The normalized spacial score (nSPS) is 12.3. The number of aliphatic carboxylic acids is 1. The van der Waals surface area contributed by atoms with Gasteiger partial charge in [0.05, 0.1) is 6.42 Å². The molecule has 1 N–H and O–H groups in total. The molecule has 0 saturated carbocycles. The van der Waals surface area contributed by atoms with E-state index in [1.165, 1.54) is 16.0 Å². The maximum absolute atomic E-state index is 10.7. The van der Waals surface area contributed by atoms with E-state index in [1.807, 2.05) is 25.1 Å². The Balaban J connectivity index is 2.26. The van der Waals surface area contributed by atoms with Crippen LogP contribution in [-0.2, 0) is 4.79 Å². The summed E-state index contributed by atoms with van der Waals surface area (Å²) >= 11 is 1.69. The van der Waals surface area contributed by atoms with E-state index in [-0.39, 0.29) is 12.3 Å². The molecule has 0 bridgehead atoms. The smallest absolute Gasteiger partial charge is 0.303 e.